The van der Waals surface area contributed by atoms with Crippen LogP contribution in [0.3, 0.4) is 0 Å². The van der Waals surface area contributed by atoms with Crippen LogP contribution in [-0.2, 0) is 16.6 Å². The molecule has 0 radical (unpaired) electrons. The Morgan fingerprint density at radius 3 is 2.57 bits per heavy atom. The highest BCUT2D eigenvalue weighted by Crippen LogP contribution is 2.28. The first-order valence-corrected chi connectivity index (χ1v) is 7.94. The standard InChI is InChI=1S/C14H11ClN2O3S/c15-13-6-7-16-14-12(13)8-10(9-18)17(14)21(19,20)11-4-2-1-3-5-11/h1-8,18H,9H2. The van der Waals surface area contributed by atoms with Gasteiger partial charge in [0.2, 0.25) is 0 Å². The molecule has 1 N–H and O–H groups in total. The number of benzene rings is 1. The van der Waals surface area contributed by atoms with Crippen molar-refractivity contribution < 1.29 is 13.5 Å². The number of rotatable bonds is 3. The lowest BCUT2D eigenvalue weighted by Crippen LogP contribution is -2.16. The Morgan fingerprint density at radius 2 is 1.90 bits per heavy atom. The van der Waals surface area contributed by atoms with Crippen LogP contribution in [0.1, 0.15) is 5.69 Å². The van der Waals surface area contributed by atoms with Gasteiger partial charge in [-0.1, -0.05) is 29.8 Å². The number of fused-ring (bicyclic) bond motifs is 1. The van der Waals surface area contributed by atoms with Crippen molar-refractivity contribution >= 4 is 32.7 Å². The van der Waals surface area contributed by atoms with Gasteiger partial charge in [0.05, 0.1) is 22.2 Å². The molecule has 5 nitrogen and oxygen atoms in total. The lowest BCUT2D eigenvalue weighted by Gasteiger charge is -2.10. The molecule has 3 rings (SSSR count). The molecule has 0 unspecified atom stereocenters. The van der Waals surface area contributed by atoms with E-state index in [1.165, 1.54) is 24.4 Å². The van der Waals surface area contributed by atoms with Crippen molar-refractivity contribution in [3.05, 3.63) is 59.4 Å². The average molecular weight is 323 g/mol. The zero-order valence-electron chi connectivity index (χ0n) is 10.8. The predicted octanol–water partition coefficient (Wildman–Crippen LogP) is 2.42. The highest BCUT2D eigenvalue weighted by atomic mass is 35.5. The molecule has 0 aliphatic heterocycles. The van der Waals surface area contributed by atoms with E-state index in [-0.39, 0.29) is 16.2 Å². The van der Waals surface area contributed by atoms with E-state index in [1.807, 2.05) is 0 Å². The van der Waals surface area contributed by atoms with E-state index in [1.54, 1.807) is 24.3 Å². The Kier molecular flexibility index (Phi) is 3.44. The van der Waals surface area contributed by atoms with Crippen molar-refractivity contribution in [2.45, 2.75) is 11.5 Å². The fraction of sp³-hybridized carbons (Fsp3) is 0.0714. The lowest BCUT2D eigenvalue weighted by molar-refractivity contribution is 0.276. The second-order valence-corrected chi connectivity index (χ2v) is 6.60. The molecule has 0 atom stereocenters. The minimum atomic E-state index is -3.85. The van der Waals surface area contributed by atoms with Gasteiger partial charge < -0.3 is 5.11 Å². The molecule has 0 amide bonds. The van der Waals surface area contributed by atoms with E-state index in [0.29, 0.717) is 10.4 Å². The largest absolute Gasteiger partial charge is 0.390 e. The summed E-state index contributed by atoms with van der Waals surface area (Å²) >= 11 is 6.07. The molecule has 3 aromatic rings. The molecule has 2 aromatic heterocycles. The summed E-state index contributed by atoms with van der Waals surface area (Å²) in [5.74, 6) is 0. The zero-order chi connectivity index (χ0) is 15.0. The number of halogens is 1. The van der Waals surface area contributed by atoms with Crippen molar-refractivity contribution in [3.63, 3.8) is 0 Å². The molecule has 0 aliphatic rings. The molecule has 0 saturated carbocycles. The van der Waals surface area contributed by atoms with E-state index in [9.17, 15) is 13.5 Å². The molecule has 1 aromatic carbocycles. The smallest absolute Gasteiger partial charge is 0.269 e. The molecule has 0 spiro atoms. The summed E-state index contributed by atoms with van der Waals surface area (Å²) in [4.78, 5) is 4.21. The molecule has 0 aliphatic carbocycles. The fourth-order valence-electron chi connectivity index (χ4n) is 2.17. The molecular formula is C14H11ClN2O3S. The highest BCUT2D eigenvalue weighted by molar-refractivity contribution is 7.90. The van der Waals surface area contributed by atoms with Crippen LogP contribution >= 0.6 is 11.6 Å². The predicted molar refractivity (Wildman–Crippen MR) is 79.7 cm³/mol. The number of hydrogen-bond acceptors (Lipinski definition) is 4. The fourth-order valence-corrected chi connectivity index (χ4v) is 3.87. The molecular weight excluding hydrogens is 312 g/mol. The maximum Gasteiger partial charge on any atom is 0.269 e. The molecule has 7 heteroatoms. The summed E-state index contributed by atoms with van der Waals surface area (Å²) in [5, 5.41) is 10.3. The van der Waals surface area contributed by atoms with Crippen LogP contribution in [-0.4, -0.2) is 22.5 Å². The van der Waals surface area contributed by atoms with E-state index in [2.05, 4.69) is 4.98 Å². The summed E-state index contributed by atoms with van der Waals surface area (Å²) in [7, 11) is -3.85. The lowest BCUT2D eigenvalue weighted by atomic mass is 10.3. The van der Waals surface area contributed by atoms with Gasteiger partial charge in [-0.05, 0) is 24.3 Å². The van der Waals surface area contributed by atoms with Crippen molar-refractivity contribution in [1.82, 2.24) is 8.96 Å². The van der Waals surface area contributed by atoms with Gasteiger partial charge in [0, 0.05) is 11.6 Å². The summed E-state index contributed by atoms with van der Waals surface area (Å²) in [6.07, 6.45) is 1.43. The number of hydrogen-bond donors (Lipinski definition) is 1. The summed E-state index contributed by atoms with van der Waals surface area (Å²) < 4.78 is 26.6. The van der Waals surface area contributed by atoms with E-state index in [0.717, 1.165) is 3.97 Å². The van der Waals surface area contributed by atoms with Gasteiger partial charge in [-0.2, -0.15) is 0 Å². The topological polar surface area (TPSA) is 72.2 Å². The van der Waals surface area contributed by atoms with Crippen molar-refractivity contribution in [3.8, 4) is 0 Å². The quantitative estimate of drug-likeness (QED) is 0.803. The Labute approximate surface area is 126 Å². The Morgan fingerprint density at radius 1 is 1.19 bits per heavy atom. The number of pyridine rings is 1. The Balaban J connectivity index is 2.37. The monoisotopic (exact) mass is 322 g/mol. The van der Waals surface area contributed by atoms with Crippen molar-refractivity contribution in [2.75, 3.05) is 0 Å². The van der Waals surface area contributed by atoms with Crippen LogP contribution in [0, 0.1) is 0 Å². The maximum atomic E-state index is 12.8. The van der Waals surface area contributed by atoms with E-state index in [4.69, 9.17) is 11.6 Å². The third-order valence-electron chi connectivity index (χ3n) is 3.12. The third-order valence-corrected chi connectivity index (χ3v) is 5.21. The average Bonchev–Trinajstić information content (AvgIpc) is 2.89. The number of nitrogens with zero attached hydrogens (tertiary/aromatic N) is 2. The van der Waals surface area contributed by atoms with E-state index >= 15 is 0 Å². The third kappa shape index (κ3) is 2.21. The van der Waals surface area contributed by atoms with Crippen LogP contribution in [0.4, 0.5) is 0 Å². The number of aromatic nitrogens is 2. The highest BCUT2D eigenvalue weighted by Gasteiger charge is 2.24. The second-order valence-electron chi connectivity index (χ2n) is 4.41. The first-order chi connectivity index (χ1) is 10.1. The SMILES string of the molecule is O=S(=O)(c1ccccc1)n1c(CO)cc2c(Cl)ccnc21. The van der Waals surface area contributed by atoms with Gasteiger partial charge in [-0.25, -0.2) is 17.4 Å². The van der Waals surface area contributed by atoms with Gasteiger partial charge in [0.25, 0.3) is 10.0 Å². The molecule has 2 heterocycles. The minimum absolute atomic E-state index is 0.124. The van der Waals surface area contributed by atoms with Gasteiger partial charge in [-0.15, -0.1) is 0 Å². The molecule has 108 valence electrons. The molecule has 0 saturated heterocycles. The molecule has 0 bridgehead atoms. The van der Waals surface area contributed by atoms with Gasteiger partial charge in [0.1, 0.15) is 0 Å². The maximum absolute atomic E-state index is 12.8. The molecule has 0 fully saturated rings. The first kappa shape index (κ1) is 14.1. The first-order valence-electron chi connectivity index (χ1n) is 6.12. The summed E-state index contributed by atoms with van der Waals surface area (Å²) in [6.45, 7) is -0.432. The van der Waals surface area contributed by atoms with Crippen LogP contribution in [0.25, 0.3) is 11.0 Å². The minimum Gasteiger partial charge on any atom is -0.390 e. The van der Waals surface area contributed by atoms with Gasteiger partial charge in [-0.3, -0.25) is 0 Å². The van der Waals surface area contributed by atoms with E-state index < -0.39 is 16.6 Å². The van der Waals surface area contributed by atoms with Gasteiger partial charge in [0.15, 0.2) is 5.65 Å². The van der Waals surface area contributed by atoms with Crippen LogP contribution in [0.2, 0.25) is 5.02 Å². The summed E-state index contributed by atoms with van der Waals surface area (Å²) in [6, 6.07) is 11.1. The number of aliphatic hydroxyl groups is 1. The van der Waals surface area contributed by atoms with Crippen LogP contribution < -0.4 is 0 Å². The number of aliphatic hydroxyl groups excluding tert-OH is 1. The zero-order valence-corrected chi connectivity index (χ0v) is 12.3. The normalized spacial score (nSPS) is 11.9. The Bertz CT molecular complexity index is 905. The van der Waals surface area contributed by atoms with Crippen LogP contribution in [0.5, 0.6) is 0 Å². The van der Waals surface area contributed by atoms with Crippen LogP contribution in [0.15, 0.2) is 53.6 Å². The molecule has 21 heavy (non-hydrogen) atoms. The van der Waals surface area contributed by atoms with Gasteiger partial charge >= 0.3 is 0 Å². The second kappa shape index (κ2) is 5.14. The van der Waals surface area contributed by atoms with Crippen molar-refractivity contribution in [2.24, 2.45) is 0 Å². The summed E-state index contributed by atoms with van der Waals surface area (Å²) in [5.41, 5.74) is 0.421. The Hall–Kier alpha value is -1.89. The van der Waals surface area contributed by atoms with Crippen molar-refractivity contribution in [1.29, 1.82) is 0 Å².